The maximum absolute atomic E-state index is 15.2. The number of aromatic nitrogens is 4. The molecule has 4 heterocycles. The molecule has 2 amide bonds. The lowest BCUT2D eigenvalue weighted by atomic mass is 9.94. The first-order chi connectivity index (χ1) is 19.1. The average Bonchev–Trinajstić information content (AvgIpc) is 3.33. The molecule has 0 spiro atoms. The van der Waals surface area contributed by atoms with Gasteiger partial charge in [0.25, 0.3) is 5.91 Å². The fraction of sp³-hybridized carbons (Fsp3) is 0.222. The highest BCUT2D eigenvalue weighted by atomic mass is 19.4. The SMILES string of the molecule is C=CC(=O)N1CCCC(c2nc(-c3ccc(C(=O)Nc4cc(C(F)(F)F)ccn4)c(F)c3)n3c(N)nccc23)C1. The molecule has 1 aliphatic heterocycles. The monoisotopic (exact) mass is 553 g/mol. The van der Waals surface area contributed by atoms with E-state index < -0.39 is 29.0 Å². The average molecular weight is 554 g/mol. The molecule has 1 aromatic carbocycles. The van der Waals surface area contributed by atoms with Crippen molar-refractivity contribution in [3.63, 3.8) is 0 Å². The second kappa shape index (κ2) is 10.4. The lowest BCUT2D eigenvalue weighted by Gasteiger charge is -2.31. The van der Waals surface area contributed by atoms with Crippen molar-refractivity contribution < 1.29 is 27.2 Å². The summed E-state index contributed by atoms with van der Waals surface area (Å²) < 4.78 is 55.7. The number of pyridine rings is 1. The molecule has 206 valence electrons. The summed E-state index contributed by atoms with van der Waals surface area (Å²) in [4.78, 5) is 39.2. The number of anilines is 2. The van der Waals surface area contributed by atoms with Crippen LogP contribution in [0.25, 0.3) is 16.9 Å². The third kappa shape index (κ3) is 5.09. The van der Waals surface area contributed by atoms with E-state index in [1.54, 1.807) is 15.4 Å². The number of halogens is 4. The number of hydrogen-bond donors (Lipinski definition) is 2. The van der Waals surface area contributed by atoms with Crippen molar-refractivity contribution in [3.05, 3.63) is 84.1 Å². The predicted molar refractivity (Wildman–Crippen MR) is 139 cm³/mol. The quantitative estimate of drug-likeness (QED) is 0.274. The molecule has 0 aliphatic carbocycles. The number of alkyl halides is 3. The number of piperidine rings is 1. The fourth-order valence-electron chi connectivity index (χ4n) is 4.80. The first kappa shape index (κ1) is 26.8. The number of nitrogen functional groups attached to an aromatic ring is 1. The van der Waals surface area contributed by atoms with Gasteiger partial charge < -0.3 is 16.0 Å². The molecular weight excluding hydrogens is 530 g/mol. The van der Waals surface area contributed by atoms with Gasteiger partial charge in [-0.2, -0.15) is 13.2 Å². The molecule has 3 N–H and O–H groups in total. The third-order valence-corrected chi connectivity index (χ3v) is 6.70. The topological polar surface area (TPSA) is 119 Å². The smallest absolute Gasteiger partial charge is 0.369 e. The summed E-state index contributed by atoms with van der Waals surface area (Å²) in [7, 11) is 0. The van der Waals surface area contributed by atoms with Crippen molar-refractivity contribution in [3.8, 4) is 11.4 Å². The van der Waals surface area contributed by atoms with Gasteiger partial charge >= 0.3 is 6.18 Å². The zero-order valence-electron chi connectivity index (χ0n) is 21.0. The standard InChI is InChI=1S/C27H23F4N7O2/c1-2-22(39)37-11-3-4-16(14-37)23-20-8-10-34-26(32)38(20)24(36-23)15-5-6-18(19(28)12-15)25(40)35-21-13-17(7-9-33-21)27(29,30)31/h2,5-10,12-13,16H,1,3-4,11,14H2,(H2,32,34)(H,33,35,40). The van der Waals surface area contributed by atoms with Crippen LogP contribution in [0.5, 0.6) is 0 Å². The summed E-state index contributed by atoms with van der Waals surface area (Å²) >= 11 is 0. The van der Waals surface area contributed by atoms with E-state index >= 15 is 4.39 Å². The van der Waals surface area contributed by atoms with Crippen LogP contribution in [0.1, 0.15) is 40.4 Å². The van der Waals surface area contributed by atoms with Crippen molar-refractivity contribution in [1.82, 2.24) is 24.3 Å². The van der Waals surface area contributed by atoms with Crippen molar-refractivity contribution in [1.29, 1.82) is 0 Å². The molecule has 4 aromatic rings. The Morgan fingerprint density at radius 2 is 1.90 bits per heavy atom. The second-order valence-electron chi connectivity index (χ2n) is 9.25. The summed E-state index contributed by atoms with van der Waals surface area (Å²) in [6, 6.07) is 6.90. The predicted octanol–water partition coefficient (Wildman–Crippen LogP) is 4.68. The lowest BCUT2D eigenvalue weighted by molar-refractivity contribution is -0.137. The maximum atomic E-state index is 15.2. The molecule has 1 unspecified atom stereocenters. The van der Waals surface area contributed by atoms with Crippen LogP contribution in [0, 0.1) is 5.82 Å². The van der Waals surface area contributed by atoms with Crippen LogP contribution in [-0.2, 0) is 11.0 Å². The molecule has 40 heavy (non-hydrogen) atoms. The number of nitrogens with one attached hydrogen (secondary N) is 1. The Kier molecular flexibility index (Phi) is 6.96. The van der Waals surface area contributed by atoms with E-state index in [4.69, 9.17) is 10.7 Å². The lowest BCUT2D eigenvalue weighted by Crippen LogP contribution is -2.38. The first-order valence-corrected chi connectivity index (χ1v) is 12.3. The van der Waals surface area contributed by atoms with Gasteiger partial charge in [0.05, 0.1) is 22.3 Å². The van der Waals surface area contributed by atoms with Gasteiger partial charge in [-0.05, 0) is 49.2 Å². The number of imidazole rings is 1. The number of benzene rings is 1. The van der Waals surface area contributed by atoms with E-state index in [0.29, 0.717) is 35.9 Å². The van der Waals surface area contributed by atoms with Gasteiger partial charge in [0, 0.05) is 37.0 Å². The van der Waals surface area contributed by atoms with Crippen LogP contribution < -0.4 is 11.1 Å². The van der Waals surface area contributed by atoms with Crippen molar-refractivity contribution >= 4 is 29.1 Å². The summed E-state index contributed by atoms with van der Waals surface area (Å²) in [6.45, 7) is 4.59. The third-order valence-electron chi connectivity index (χ3n) is 6.70. The molecule has 9 nitrogen and oxygen atoms in total. The van der Waals surface area contributed by atoms with E-state index in [2.05, 4.69) is 21.9 Å². The summed E-state index contributed by atoms with van der Waals surface area (Å²) in [5, 5.41) is 2.19. The summed E-state index contributed by atoms with van der Waals surface area (Å²) in [5.74, 6) is -2.17. The molecular formula is C27H23F4N7O2. The number of rotatable bonds is 5. The van der Waals surface area contributed by atoms with Crippen LogP contribution in [0.4, 0.5) is 29.3 Å². The number of likely N-dealkylation sites (tertiary alicyclic amines) is 1. The number of carbonyl (C=O) groups excluding carboxylic acids is 2. The van der Waals surface area contributed by atoms with Gasteiger partial charge in [-0.25, -0.2) is 19.3 Å². The Labute approximate surface area is 225 Å². The van der Waals surface area contributed by atoms with E-state index in [1.807, 2.05) is 0 Å². The van der Waals surface area contributed by atoms with Crippen molar-refractivity contribution in [2.24, 2.45) is 0 Å². The number of nitrogens with zero attached hydrogens (tertiary/aromatic N) is 5. The Morgan fingerprint density at radius 1 is 1.12 bits per heavy atom. The number of fused-ring (bicyclic) bond motifs is 1. The molecule has 13 heteroatoms. The highest BCUT2D eigenvalue weighted by Crippen LogP contribution is 2.34. The Morgan fingerprint density at radius 3 is 2.62 bits per heavy atom. The first-order valence-electron chi connectivity index (χ1n) is 12.3. The Bertz CT molecular complexity index is 1630. The molecule has 1 fully saturated rings. The number of carbonyl (C=O) groups is 2. The molecule has 1 aliphatic rings. The van der Waals surface area contributed by atoms with Crippen LogP contribution in [-0.4, -0.2) is 49.2 Å². The zero-order valence-corrected chi connectivity index (χ0v) is 21.0. The molecule has 5 rings (SSSR count). The van der Waals surface area contributed by atoms with Gasteiger partial charge in [-0.3, -0.25) is 14.0 Å². The largest absolute Gasteiger partial charge is 0.416 e. The van der Waals surface area contributed by atoms with Gasteiger partial charge in [0.15, 0.2) is 0 Å². The van der Waals surface area contributed by atoms with Gasteiger partial charge in [-0.15, -0.1) is 0 Å². The minimum absolute atomic E-state index is 0.110. The van der Waals surface area contributed by atoms with Crippen LogP contribution >= 0.6 is 0 Å². The normalized spacial score (nSPS) is 15.7. The minimum Gasteiger partial charge on any atom is -0.369 e. The molecule has 3 aromatic heterocycles. The van der Waals surface area contributed by atoms with Crippen molar-refractivity contribution in [2.75, 3.05) is 24.1 Å². The van der Waals surface area contributed by atoms with E-state index in [1.165, 1.54) is 24.4 Å². The van der Waals surface area contributed by atoms with Gasteiger partial charge in [0.1, 0.15) is 17.5 Å². The molecule has 0 bridgehead atoms. The zero-order chi connectivity index (χ0) is 28.6. The summed E-state index contributed by atoms with van der Waals surface area (Å²) in [6.07, 6.45) is 0.602. The highest BCUT2D eigenvalue weighted by molar-refractivity contribution is 6.04. The molecule has 0 radical (unpaired) electrons. The van der Waals surface area contributed by atoms with Crippen LogP contribution in [0.15, 0.2) is 61.4 Å². The van der Waals surface area contributed by atoms with Gasteiger partial charge in [0.2, 0.25) is 11.9 Å². The Hall–Kier alpha value is -4.81. The number of nitrogens with two attached hydrogens (primary N) is 1. The molecule has 1 saturated heterocycles. The van der Waals surface area contributed by atoms with Crippen LogP contribution in [0.2, 0.25) is 0 Å². The van der Waals surface area contributed by atoms with Gasteiger partial charge in [-0.1, -0.05) is 12.6 Å². The van der Waals surface area contributed by atoms with E-state index in [-0.39, 0.29) is 29.4 Å². The molecule has 0 saturated carbocycles. The minimum atomic E-state index is -4.63. The van der Waals surface area contributed by atoms with E-state index in [9.17, 15) is 22.8 Å². The second-order valence-corrected chi connectivity index (χ2v) is 9.25. The van der Waals surface area contributed by atoms with E-state index in [0.717, 1.165) is 31.2 Å². The molecule has 1 atom stereocenters. The Balaban J connectivity index is 1.47. The number of amides is 2. The fourth-order valence-corrected chi connectivity index (χ4v) is 4.80. The highest BCUT2D eigenvalue weighted by Gasteiger charge is 2.31. The summed E-state index contributed by atoms with van der Waals surface area (Å²) in [5.41, 5.74) is 6.38. The maximum Gasteiger partial charge on any atom is 0.416 e. The number of hydrogen-bond acceptors (Lipinski definition) is 6. The van der Waals surface area contributed by atoms with Crippen molar-refractivity contribution in [2.45, 2.75) is 24.9 Å². The van der Waals surface area contributed by atoms with Crippen LogP contribution in [0.3, 0.4) is 0 Å².